The van der Waals surface area contributed by atoms with Crippen molar-refractivity contribution in [3.05, 3.63) is 65.6 Å². The lowest BCUT2D eigenvalue weighted by molar-refractivity contribution is 0.0949. The summed E-state index contributed by atoms with van der Waals surface area (Å²) in [6.07, 6.45) is 5.00. The minimum absolute atomic E-state index is 0.145. The second kappa shape index (κ2) is 5.89. The van der Waals surface area contributed by atoms with Crippen LogP contribution in [0.1, 0.15) is 27.4 Å². The molecule has 0 bridgehead atoms. The van der Waals surface area contributed by atoms with Crippen molar-refractivity contribution in [1.29, 1.82) is 0 Å². The minimum Gasteiger partial charge on any atom is -0.472 e. The summed E-state index contributed by atoms with van der Waals surface area (Å²) in [5.41, 5.74) is 3.27. The van der Waals surface area contributed by atoms with Crippen molar-refractivity contribution in [3.63, 3.8) is 0 Å². The number of amides is 1. The summed E-state index contributed by atoms with van der Waals surface area (Å²) in [6, 6.07) is 7.43. The quantitative estimate of drug-likeness (QED) is 0.800. The van der Waals surface area contributed by atoms with Crippen LogP contribution in [-0.4, -0.2) is 10.9 Å². The molecule has 3 rings (SSSR count). The molecule has 0 saturated heterocycles. The van der Waals surface area contributed by atoms with Gasteiger partial charge in [0.25, 0.3) is 5.91 Å². The molecule has 0 fully saturated rings. The lowest BCUT2D eigenvalue weighted by atomic mass is 10.2. The van der Waals surface area contributed by atoms with Gasteiger partial charge < -0.3 is 14.2 Å². The molecule has 22 heavy (non-hydrogen) atoms. The largest absolute Gasteiger partial charge is 0.472 e. The van der Waals surface area contributed by atoms with Crippen molar-refractivity contribution in [2.75, 3.05) is 0 Å². The first-order valence-corrected chi connectivity index (χ1v) is 6.96. The molecular formula is C17H16N2O3. The van der Waals surface area contributed by atoms with E-state index in [2.05, 4.69) is 10.3 Å². The molecule has 0 atom stereocenters. The van der Waals surface area contributed by atoms with E-state index in [0.29, 0.717) is 17.9 Å². The molecule has 0 aromatic carbocycles. The van der Waals surface area contributed by atoms with Gasteiger partial charge in [-0.15, -0.1) is 0 Å². The van der Waals surface area contributed by atoms with E-state index in [-0.39, 0.29) is 5.91 Å². The van der Waals surface area contributed by atoms with Crippen molar-refractivity contribution in [1.82, 2.24) is 10.3 Å². The Morgan fingerprint density at radius 2 is 2.14 bits per heavy atom. The predicted molar refractivity (Wildman–Crippen MR) is 81.3 cm³/mol. The maximum atomic E-state index is 12.1. The predicted octanol–water partition coefficient (Wildman–Crippen LogP) is 3.48. The first-order chi connectivity index (χ1) is 10.6. The molecule has 0 aliphatic rings. The highest BCUT2D eigenvalue weighted by Gasteiger charge is 2.13. The third kappa shape index (κ3) is 2.93. The summed E-state index contributed by atoms with van der Waals surface area (Å²) in [5.74, 6) is 1.21. The van der Waals surface area contributed by atoms with E-state index in [1.165, 1.54) is 0 Å². The Morgan fingerprint density at radius 1 is 1.27 bits per heavy atom. The molecule has 0 aliphatic heterocycles. The third-order valence-electron chi connectivity index (χ3n) is 3.38. The van der Waals surface area contributed by atoms with Crippen LogP contribution in [0.5, 0.6) is 0 Å². The van der Waals surface area contributed by atoms with Gasteiger partial charge in [0.05, 0.1) is 23.8 Å². The monoisotopic (exact) mass is 296 g/mol. The van der Waals surface area contributed by atoms with Crippen molar-refractivity contribution in [2.45, 2.75) is 20.4 Å². The molecule has 0 radical (unpaired) electrons. The van der Waals surface area contributed by atoms with Crippen LogP contribution in [0.3, 0.4) is 0 Å². The molecule has 3 aromatic heterocycles. The van der Waals surface area contributed by atoms with Crippen LogP contribution in [-0.2, 0) is 6.54 Å². The fourth-order valence-corrected chi connectivity index (χ4v) is 2.24. The lowest BCUT2D eigenvalue weighted by Crippen LogP contribution is -2.23. The molecule has 1 N–H and O–H groups in total. The van der Waals surface area contributed by atoms with Gasteiger partial charge in [-0.1, -0.05) is 6.07 Å². The van der Waals surface area contributed by atoms with Gasteiger partial charge in [-0.05, 0) is 37.6 Å². The Balaban J connectivity index is 1.64. The fraction of sp³-hybridized carbons (Fsp3) is 0.176. The fourth-order valence-electron chi connectivity index (χ4n) is 2.24. The van der Waals surface area contributed by atoms with Crippen LogP contribution >= 0.6 is 0 Å². The highest BCUT2D eigenvalue weighted by Crippen LogP contribution is 2.17. The van der Waals surface area contributed by atoms with Gasteiger partial charge in [-0.25, -0.2) is 0 Å². The van der Waals surface area contributed by atoms with E-state index in [1.54, 1.807) is 31.7 Å². The molecule has 3 heterocycles. The number of aryl methyl sites for hydroxylation is 2. The summed E-state index contributed by atoms with van der Waals surface area (Å²) in [6.45, 7) is 4.02. The Labute approximate surface area is 128 Å². The first kappa shape index (κ1) is 14.1. The first-order valence-electron chi connectivity index (χ1n) is 6.96. The average molecular weight is 296 g/mol. The normalized spacial score (nSPS) is 10.6. The number of hydrogen-bond acceptors (Lipinski definition) is 4. The average Bonchev–Trinajstić information content (AvgIpc) is 3.15. The van der Waals surface area contributed by atoms with Crippen molar-refractivity contribution >= 4 is 5.91 Å². The number of carbonyl (C=O) groups excluding carboxylic acids is 1. The van der Waals surface area contributed by atoms with Crippen molar-refractivity contribution < 1.29 is 13.6 Å². The Kier molecular flexibility index (Phi) is 3.78. The maximum absolute atomic E-state index is 12.1. The summed E-state index contributed by atoms with van der Waals surface area (Å²) in [4.78, 5) is 16.5. The zero-order valence-corrected chi connectivity index (χ0v) is 12.4. The highest BCUT2D eigenvalue weighted by molar-refractivity contribution is 5.95. The standard InChI is InChI=1S/C17H16N2O3/c1-11-7-15(12(2)22-11)17(20)19-9-13-3-4-16(18-8-13)14-5-6-21-10-14/h3-8,10H,9H2,1-2H3,(H,19,20). The van der Waals surface area contributed by atoms with Crippen LogP contribution in [0.2, 0.25) is 0 Å². The molecular weight excluding hydrogens is 280 g/mol. The molecule has 0 saturated carbocycles. The van der Waals surface area contributed by atoms with E-state index < -0.39 is 0 Å². The number of nitrogens with zero attached hydrogens (tertiary/aromatic N) is 1. The SMILES string of the molecule is Cc1cc(C(=O)NCc2ccc(-c3ccoc3)nc2)c(C)o1. The van der Waals surface area contributed by atoms with Crippen LogP contribution in [0, 0.1) is 13.8 Å². The number of pyridine rings is 1. The van der Waals surface area contributed by atoms with Crippen LogP contribution < -0.4 is 5.32 Å². The molecule has 0 unspecified atom stereocenters. The van der Waals surface area contributed by atoms with Gasteiger partial charge >= 0.3 is 0 Å². The molecule has 5 nitrogen and oxygen atoms in total. The molecule has 0 aliphatic carbocycles. The van der Waals surface area contributed by atoms with Gasteiger partial charge in [0, 0.05) is 18.3 Å². The Hall–Kier alpha value is -2.82. The summed E-state index contributed by atoms with van der Waals surface area (Å²) >= 11 is 0. The summed E-state index contributed by atoms with van der Waals surface area (Å²) < 4.78 is 10.4. The van der Waals surface area contributed by atoms with Gasteiger partial charge in [-0.2, -0.15) is 0 Å². The number of furan rings is 2. The van der Waals surface area contributed by atoms with Gasteiger partial charge in [0.2, 0.25) is 0 Å². The number of carbonyl (C=O) groups is 1. The van der Waals surface area contributed by atoms with Crippen LogP contribution in [0.15, 0.2) is 51.8 Å². The topological polar surface area (TPSA) is 68.3 Å². The van der Waals surface area contributed by atoms with Crippen molar-refractivity contribution in [3.8, 4) is 11.3 Å². The number of rotatable bonds is 4. The number of aromatic nitrogens is 1. The van der Waals surface area contributed by atoms with Gasteiger partial charge in [0.15, 0.2) is 0 Å². The van der Waals surface area contributed by atoms with Gasteiger partial charge in [-0.3, -0.25) is 9.78 Å². The summed E-state index contributed by atoms with van der Waals surface area (Å²) in [7, 11) is 0. The Bertz CT molecular complexity index is 771. The van der Waals surface area contributed by atoms with E-state index in [9.17, 15) is 4.79 Å². The maximum Gasteiger partial charge on any atom is 0.255 e. The third-order valence-corrected chi connectivity index (χ3v) is 3.38. The van der Waals surface area contributed by atoms with Crippen LogP contribution in [0.25, 0.3) is 11.3 Å². The molecule has 0 spiro atoms. The highest BCUT2D eigenvalue weighted by atomic mass is 16.3. The van der Waals surface area contributed by atoms with E-state index in [0.717, 1.165) is 22.6 Å². The molecule has 5 heteroatoms. The van der Waals surface area contributed by atoms with E-state index >= 15 is 0 Å². The van der Waals surface area contributed by atoms with Gasteiger partial charge in [0.1, 0.15) is 11.5 Å². The number of hydrogen-bond donors (Lipinski definition) is 1. The van der Waals surface area contributed by atoms with E-state index in [4.69, 9.17) is 8.83 Å². The molecule has 112 valence electrons. The lowest BCUT2D eigenvalue weighted by Gasteiger charge is -2.05. The molecule has 1 amide bonds. The minimum atomic E-state index is -0.145. The summed E-state index contributed by atoms with van der Waals surface area (Å²) in [5, 5.41) is 2.87. The smallest absolute Gasteiger partial charge is 0.255 e. The number of nitrogens with one attached hydrogen (secondary N) is 1. The zero-order chi connectivity index (χ0) is 15.5. The van der Waals surface area contributed by atoms with E-state index in [1.807, 2.05) is 25.1 Å². The second-order valence-electron chi connectivity index (χ2n) is 5.07. The Morgan fingerprint density at radius 3 is 2.73 bits per heavy atom. The molecule has 3 aromatic rings. The van der Waals surface area contributed by atoms with Crippen molar-refractivity contribution in [2.24, 2.45) is 0 Å². The van der Waals surface area contributed by atoms with Crippen LogP contribution in [0.4, 0.5) is 0 Å². The second-order valence-corrected chi connectivity index (χ2v) is 5.07. The zero-order valence-electron chi connectivity index (χ0n) is 12.4.